The van der Waals surface area contributed by atoms with E-state index in [4.69, 9.17) is 0 Å². The second kappa shape index (κ2) is 10.1. The molecule has 1 saturated heterocycles. The number of H-pyrrole nitrogens is 1. The van der Waals surface area contributed by atoms with Crippen LogP contribution in [0.2, 0.25) is 0 Å². The number of fused-ring (bicyclic) bond motifs is 1. The van der Waals surface area contributed by atoms with E-state index in [0.29, 0.717) is 42.6 Å². The zero-order chi connectivity index (χ0) is 26.2. The van der Waals surface area contributed by atoms with Crippen molar-refractivity contribution in [3.05, 3.63) is 111 Å². The van der Waals surface area contributed by atoms with Gasteiger partial charge < -0.3 is 4.90 Å². The lowest BCUT2D eigenvalue weighted by Crippen LogP contribution is -2.54. The maximum absolute atomic E-state index is 14.8. The van der Waals surface area contributed by atoms with E-state index in [9.17, 15) is 14.0 Å². The summed E-state index contributed by atoms with van der Waals surface area (Å²) in [6.45, 7) is 5.27. The van der Waals surface area contributed by atoms with Gasteiger partial charge in [-0.05, 0) is 49.1 Å². The van der Waals surface area contributed by atoms with E-state index >= 15 is 0 Å². The van der Waals surface area contributed by atoms with E-state index in [1.165, 1.54) is 30.0 Å². The smallest absolute Gasteiger partial charge is 0.272 e. The minimum absolute atomic E-state index is 0.0911. The molecule has 2 aliphatic rings. The quantitative estimate of drug-likeness (QED) is 0.373. The molecule has 6 nitrogen and oxygen atoms in total. The van der Waals surface area contributed by atoms with Gasteiger partial charge in [0.2, 0.25) is 0 Å². The third kappa shape index (κ3) is 5.11. The molecule has 1 aliphatic carbocycles. The molecule has 2 fully saturated rings. The van der Waals surface area contributed by atoms with E-state index in [2.05, 4.69) is 46.3 Å². The number of rotatable bonds is 8. The van der Waals surface area contributed by atoms with Crippen LogP contribution in [-0.2, 0) is 13.0 Å². The Kier molecular flexibility index (Phi) is 6.54. The average Bonchev–Trinajstić information content (AvgIpc) is 3.74. The monoisotopic (exact) mass is 510 g/mol. The molecule has 1 aromatic heterocycles. The Morgan fingerprint density at radius 1 is 1.03 bits per heavy atom. The number of aromatic amines is 1. The second-order valence-corrected chi connectivity index (χ2v) is 10.8. The summed E-state index contributed by atoms with van der Waals surface area (Å²) >= 11 is 0. The fraction of sp³-hybridized carbons (Fsp3) is 0.323. The SMILES string of the molecule is Cc1ccc(CN(CC2CN(C(=O)c3cc(Cc4n[nH]c(=O)c5ccccc45)ccc3F)C2)C2CC2)cc1. The number of benzene rings is 3. The van der Waals surface area contributed by atoms with Gasteiger partial charge in [0.25, 0.3) is 11.5 Å². The first-order chi connectivity index (χ1) is 18.4. The number of nitrogens with one attached hydrogen (secondary N) is 1. The zero-order valence-corrected chi connectivity index (χ0v) is 21.5. The summed E-state index contributed by atoms with van der Waals surface area (Å²) in [5, 5.41) is 8.08. The first-order valence-corrected chi connectivity index (χ1v) is 13.3. The largest absolute Gasteiger partial charge is 0.338 e. The molecule has 1 aliphatic heterocycles. The highest BCUT2D eigenvalue weighted by Crippen LogP contribution is 2.31. The van der Waals surface area contributed by atoms with Gasteiger partial charge >= 0.3 is 0 Å². The standard InChI is InChI=1S/C31H31FN4O2/c1-20-6-8-21(9-7-20)16-35(24-11-12-24)17-23-18-36(19-23)31(38)27-14-22(10-13-28(27)32)15-29-25-4-2-3-5-26(25)30(37)34-33-29/h2-10,13-14,23-24H,11-12,15-19H2,1H3,(H,34,37). The highest BCUT2D eigenvalue weighted by molar-refractivity contribution is 5.95. The zero-order valence-electron chi connectivity index (χ0n) is 21.5. The van der Waals surface area contributed by atoms with E-state index in [-0.39, 0.29) is 17.0 Å². The fourth-order valence-electron chi connectivity index (χ4n) is 5.41. The van der Waals surface area contributed by atoms with E-state index in [1.807, 2.05) is 18.2 Å². The van der Waals surface area contributed by atoms with Gasteiger partial charge in [0.1, 0.15) is 5.82 Å². The van der Waals surface area contributed by atoms with Crippen molar-refractivity contribution in [3.8, 4) is 0 Å². The van der Waals surface area contributed by atoms with Crippen molar-refractivity contribution >= 4 is 16.7 Å². The Morgan fingerprint density at radius 2 is 1.74 bits per heavy atom. The first kappa shape index (κ1) is 24.5. The summed E-state index contributed by atoms with van der Waals surface area (Å²) in [6, 6.07) is 21.3. The molecule has 194 valence electrons. The summed E-state index contributed by atoms with van der Waals surface area (Å²) in [5.74, 6) is -0.384. The number of amides is 1. The predicted molar refractivity (Wildman–Crippen MR) is 146 cm³/mol. The summed E-state index contributed by atoms with van der Waals surface area (Å²) in [4.78, 5) is 29.6. The molecule has 0 unspecified atom stereocenters. The predicted octanol–water partition coefficient (Wildman–Crippen LogP) is 4.70. The third-order valence-electron chi connectivity index (χ3n) is 7.71. The molecule has 0 radical (unpaired) electrons. The average molecular weight is 511 g/mol. The number of hydrogen-bond donors (Lipinski definition) is 1. The van der Waals surface area contributed by atoms with Crippen LogP contribution in [0.4, 0.5) is 4.39 Å². The van der Waals surface area contributed by atoms with Crippen molar-refractivity contribution in [2.75, 3.05) is 19.6 Å². The van der Waals surface area contributed by atoms with Crippen LogP contribution in [0.1, 0.15) is 45.6 Å². The van der Waals surface area contributed by atoms with E-state index in [0.717, 1.165) is 24.0 Å². The molecule has 0 bridgehead atoms. The van der Waals surface area contributed by atoms with Crippen LogP contribution in [0.5, 0.6) is 0 Å². The fourth-order valence-corrected chi connectivity index (χ4v) is 5.41. The van der Waals surface area contributed by atoms with Crippen molar-refractivity contribution in [2.45, 2.75) is 38.8 Å². The number of carbonyl (C=O) groups excluding carboxylic acids is 1. The number of aromatic nitrogens is 2. The number of likely N-dealkylation sites (tertiary alicyclic amines) is 1. The molecule has 0 spiro atoms. The number of carbonyl (C=O) groups is 1. The van der Waals surface area contributed by atoms with Gasteiger partial charge in [-0.15, -0.1) is 0 Å². The highest BCUT2D eigenvalue weighted by atomic mass is 19.1. The van der Waals surface area contributed by atoms with Gasteiger partial charge in [0.05, 0.1) is 16.6 Å². The highest BCUT2D eigenvalue weighted by Gasteiger charge is 2.37. The maximum atomic E-state index is 14.8. The molecule has 2 heterocycles. The lowest BCUT2D eigenvalue weighted by molar-refractivity contribution is 0.0391. The molecule has 1 amide bonds. The molecule has 3 aromatic carbocycles. The molecule has 38 heavy (non-hydrogen) atoms. The van der Waals surface area contributed by atoms with Crippen molar-refractivity contribution in [1.82, 2.24) is 20.0 Å². The molecular weight excluding hydrogens is 479 g/mol. The minimum Gasteiger partial charge on any atom is -0.338 e. The summed E-state index contributed by atoms with van der Waals surface area (Å²) in [7, 11) is 0. The van der Waals surface area contributed by atoms with Crippen LogP contribution >= 0.6 is 0 Å². The van der Waals surface area contributed by atoms with Gasteiger partial charge in [-0.2, -0.15) is 5.10 Å². The number of aryl methyl sites for hydroxylation is 1. The van der Waals surface area contributed by atoms with E-state index < -0.39 is 5.82 Å². The molecule has 6 rings (SSSR count). The van der Waals surface area contributed by atoms with Gasteiger partial charge in [0.15, 0.2) is 0 Å². The molecule has 1 saturated carbocycles. The van der Waals surface area contributed by atoms with Crippen molar-refractivity contribution in [1.29, 1.82) is 0 Å². The van der Waals surface area contributed by atoms with Gasteiger partial charge in [-0.1, -0.05) is 54.1 Å². The Balaban J connectivity index is 1.11. The molecular formula is C31H31FN4O2. The Morgan fingerprint density at radius 3 is 2.47 bits per heavy atom. The molecule has 0 atom stereocenters. The van der Waals surface area contributed by atoms with E-state index in [1.54, 1.807) is 23.1 Å². The van der Waals surface area contributed by atoms with Crippen LogP contribution in [0.3, 0.4) is 0 Å². The Labute approximate surface area is 221 Å². The lowest BCUT2D eigenvalue weighted by atomic mass is 9.96. The number of halogens is 1. The molecule has 1 N–H and O–H groups in total. The van der Waals surface area contributed by atoms with Crippen LogP contribution in [0.15, 0.2) is 71.5 Å². The number of nitrogens with zero attached hydrogens (tertiary/aromatic N) is 3. The van der Waals surface area contributed by atoms with Crippen LogP contribution in [-0.4, -0.2) is 51.6 Å². The third-order valence-corrected chi connectivity index (χ3v) is 7.71. The van der Waals surface area contributed by atoms with Crippen LogP contribution in [0, 0.1) is 18.7 Å². The summed E-state index contributed by atoms with van der Waals surface area (Å²) in [6.07, 6.45) is 2.85. The topological polar surface area (TPSA) is 69.3 Å². The van der Waals surface area contributed by atoms with Crippen molar-refractivity contribution in [3.63, 3.8) is 0 Å². The van der Waals surface area contributed by atoms with Crippen LogP contribution < -0.4 is 5.56 Å². The normalized spacial score (nSPS) is 15.7. The number of hydrogen-bond acceptors (Lipinski definition) is 4. The second-order valence-electron chi connectivity index (χ2n) is 10.8. The summed E-state index contributed by atoms with van der Waals surface area (Å²) in [5.41, 5.74) is 3.88. The molecule has 4 aromatic rings. The van der Waals surface area contributed by atoms with Gasteiger partial charge in [-0.25, -0.2) is 9.49 Å². The van der Waals surface area contributed by atoms with Crippen molar-refractivity contribution < 1.29 is 9.18 Å². The van der Waals surface area contributed by atoms with Crippen LogP contribution in [0.25, 0.3) is 10.8 Å². The van der Waals surface area contributed by atoms with Crippen molar-refractivity contribution in [2.24, 2.45) is 5.92 Å². The lowest BCUT2D eigenvalue weighted by Gasteiger charge is -2.42. The minimum atomic E-state index is -0.513. The summed E-state index contributed by atoms with van der Waals surface area (Å²) < 4.78 is 14.8. The first-order valence-electron chi connectivity index (χ1n) is 13.3. The molecule has 7 heteroatoms. The van der Waals surface area contributed by atoms with Gasteiger partial charge in [-0.3, -0.25) is 14.5 Å². The Bertz CT molecular complexity index is 1540. The maximum Gasteiger partial charge on any atom is 0.272 e. The van der Waals surface area contributed by atoms with Gasteiger partial charge in [0, 0.05) is 49.9 Å². The Hall–Kier alpha value is -3.84.